The number of esters is 1. The molecule has 3 rings (SSSR count). The molecule has 2 unspecified atom stereocenters. The molecule has 2 aromatic rings. The van der Waals surface area contributed by atoms with Crippen molar-refractivity contribution >= 4 is 11.9 Å². The lowest BCUT2D eigenvalue weighted by Crippen LogP contribution is -2.40. The van der Waals surface area contributed by atoms with Crippen molar-refractivity contribution in [2.24, 2.45) is 16.8 Å². The zero-order valence-corrected chi connectivity index (χ0v) is 18.0. The lowest BCUT2D eigenvalue weighted by atomic mass is 9.99. The van der Waals surface area contributed by atoms with Gasteiger partial charge in [-0.3, -0.25) is 14.5 Å². The van der Waals surface area contributed by atoms with Crippen LogP contribution in [0.4, 0.5) is 0 Å². The second-order valence-corrected chi connectivity index (χ2v) is 7.71. The van der Waals surface area contributed by atoms with Gasteiger partial charge in [0.1, 0.15) is 0 Å². The fourth-order valence-corrected chi connectivity index (χ4v) is 4.00. The summed E-state index contributed by atoms with van der Waals surface area (Å²) in [5.41, 5.74) is 4.58. The van der Waals surface area contributed by atoms with E-state index in [4.69, 9.17) is 9.84 Å². The Hall–Kier alpha value is -2.83. The number of nitrogens with one attached hydrogen (secondary N) is 1. The maximum atomic E-state index is 12.0. The predicted octanol–water partition coefficient (Wildman–Crippen LogP) is 2.36. The number of aliphatic imine (C=N–C) groups is 1. The van der Waals surface area contributed by atoms with E-state index in [1.54, 1.807) is 7.05 Å². The number of hydrogen-bond donors (Lipinski definition) is 1. The van der Waals surface area contributed by atoms with Crippen molar-refractivity contribution in [3.05, 3.63) is 52.8 Å². The molecule has 1 aromatic heterocycles. The molecule has 1 aliphatic rings. The number of aryl methyl sites for hydroxylation is 1. The van der Waals surface area contributed by atoms with Crippen LogP contribution in [0.25, 0.3) is 0 Å². The molecule has 1 fully saturated rings. The minimum atomic E-state index is -0.149. The first-order valence-corrected chi connectivity index (χ1v) is 10.0. The smallest absolute Gasteiger partial charge is 0.310 e. The molecule has 1 saturated heterocycles. The van der Waals surface area contributed by atoms with E-state index >= 15 is 0 Å². The van der Waals surface area contributed by atoms with E-state index in [2.05, 4.69) is 45.9 Å². The molecule has 2 atom stereocenters. The van der Waals surface area contributed by atoms with Crippen LogP contribution in [0.2, 0.25) is 0 Å². The Bertz CT molecular complexity index is 875. The first-order valence-electron chi connectivity index (χ1n) is 10.0. The number of methoxy groups -OCH3 is 1. The monoisotopic (exact) mass is 397 g/mol. The van der Waals surface area contributed by atoms with Gasteiger partial charge in [0.15, 0.2) is 5.96 Å². The maximum Gasteiger partial charge on any atom is 0.310 e. The number of guanidine groups is 1. The molecule has 0 bridgehead atoms. The number of nitrogens with zero attached hydrogens (tertiary/aromatic N) is 4. The number of carbonyl (C=O) groups excluding carboxylic acids is 1. The molecule has 0 radical (unpaired) electrons. The summed E-state index contributed by atoms with van der Waals surface area (Å²) in [4.78, 5) is 18.5. The molecule has 0 amide bonds. The number of benzene rings is 1. The lowest BCUT2D eigenvalue weighted by molar-refractivity contribution is -0.145. The standard InChI is InChI=1S/C22H31N5O2/c1-15-12-26(14-20(15)21(28)29-5)22(23-4)24-11-19-16(2)25-27(17(19)3)13-18-9-7-6-8-10-18/h6-10,15,20H,11-14H2,1-5H3,(H,23,24). The van der Waals surface area contributed by atoms with Crippen LogP contribution in [0.1, 0.15) is 29.4 Å². The van der Waals surface area contributed by atoms with E-state index in [1.807, 2.05) is 25.1 Å². The van der Waals surface area contributed by atoms with Crippen molar-refractivity contribution in [1.29, 1.82) is 0 Å². The Balaban J connectivity index is 1.67. The highest BCUT2D eigenvalue weighted by atomic mass is 16.5. The van der Waals surface area contributed by atoms with Gasteiger partial charge in [-0.05, 0) is 25.3 Å². The van der Waals surface area contributed by atoms with Crippen LogP contribution in [-0.2, 0) is 22.6 Å². The van der Waals surface area contributed by atoms with Gasteiger partial charge in [-0.25, -0.2) is 0 Å². The van der Waals surface area contributed by atoms with E-state index in [-0.39, 0.29) is 17.8 Å². The fourth-order valence-electron chi connectivity index (χ4n) is 4.00. The lowest BCUT2D eigenvalue weighted by Gasteiger charge is -2.21. The number of aromatic nitrogens is 2. The third-order valence-electron chi connectivity index (χ3n) is 5.76. The quantitative estimate of drug-likeness (QED) is 0.476. The summed E-state index contributed by atoms with van der Waals surface area (Å²) < 4.78 is 6.99. The highest BCUT2D eigenvalue weighted by Crippen LogP contribution is 2.24. The largest absolute Gasteiger partial charge is 0.469 e. The van der Waals surface area contributed by atoms with Crippen molar-refractivity contribution in [3.8, 4) is 0 Å². The van der Waals surface area contributed by atoms with E-state index in [1.165, 1.54) is 18.2 Å². The maximum absolute atomic E-state index is 12.0. The van der Waals surface area contributed by atoms with Gasteiger partial charge in [-0.2, -0.15) is 5.10 Å². The molecule has 0 spiro atoms. The Morgan fingerprint density at radius 2 is 2.00 bits per heavy atom. The van der Waals surface area contributed by atoms with Gasteiger partial charge in [0.05, 0.1) is 25.3 Å². The summed E-state index contributed by atoms with van der Waals surface area (Å²) in [6.07, 6.45) is 0. The molecule has 29 heavy (non-hydrogen) atoms. The number of rotatable bonds is 5. The van der Waals surface area contributed by atoms with Gasteiger partial charge in [0.2, 0.25) is 0 Å². The van der Waals surface area contributed by atoms with Crippen LogP contribution in [0.5, 0.6) is 0 Å². The Morgan fingerprint density at radius 3 is 2.66 bits per heavy atom. The van der Waals surface area contributed by atoms with Gasteiger partial charge in [0, 0.05) is 37.9 Å². The van der Waals surface area contributed by atoms with Crippen LogP contribution >= 0.6 is 0 Å². The molecule has 2 heterocycles. The summed E-state index contributed by atoms with van der Waals surface area (Å²) in [5.74, 6) is 0.774. The molecule has 1 aromatic carbocycles. The first-order chi connectivity index (χ1) is 13.9. The molecular formula is C22H31N5O2. The predicted molar refractivity (Wildman–Crippen MR) is 114 cm³/mol. The number of carbonyl (C=O) groups is 1. The van der Waals surface area contributed by atoms with Crippen LogP contribution in [0.15, 0.2) is 35.3 Å². The third-order valence-corrected chi connectivity index (χ3v) is 5.76. The second-order valence-electron chi connectivity index (χ2n) is 7.71. The minimum absolute atomic E-state index is 0.115. The Morgan fingerprint density at radius 1 is 1.28 bits per heavy atom. The van der Waals surface area contributed by atoms with Gasteiger partial charge in [-0.1, -0.05) is 37.3 Å². The average molecular weight is 398 g/mol. The van der Waals surface area contributed by atoms with Crippen molar-refractivity contribution in [2.75, 3.05) is 27.2 Å². The number of ether oxygens (including phenoxy) is 1. The van der Waals surface area contributed by atoms with E-state index in [0.717, 1.165) is 30.4 Å². The SMILES string of the molecule is CN=C(NCc1c(C)nn(Cc2ccccc2)c1C)N1CC(C)C(C(=O)OC)C1. The number of likely N-dealkylation sites (tertiary alicyclic amines) is 1. The normalized spacial score (nSPS) is 19.5. The van der Waals surface area contributed by atoms with Crippen LogP contribution in [0, 0.1) is 25.7 Å². The molecule has 156 valence electrons. The van der Waals surface area contributed by atoms with Gasteiger partial charge < -0.3 is 15.0 Å². The van der Waals surface area contributed by atoms with Gasteiger partial charge >= 0.3 is 5.97 Å². The van der Waals surface area contributed by atoms with E-state index < -0.39 is 0 Å². The zero-order valence-electron chi connectivity index (χ0n) is 18.0. The zero-order chi connectivity index (χ0) is 21.0. The summed E-state index contributed by atoms with van der Waals surface area (Å²) in [5, 5.41) is 8.18. The average Bonchev–Trinajstić information content (AvgIpc) is 3.23. The Kier molecular flexibility index (Phi) is 6.56. The van der Waals surface area contributed by atoms with Crippen LogP contribution < -0.4 is 5.32 Å². The van der Waals surface area contributed by atoms with Gasteiger partial charge in [-0.15, -0.1) is 0 Å². The molecule has 7 nitrogen and oxygen atoms in total. The highest BCUT2D eigenvalue weighted by Gasteiger charge is 2.36. The topological polar surface area (TPSA) is 71.8 Å². The molecule has 1 aliphatic heterocycles. The van der Waals surface area contributed by atoms with Crippen molar-refractivity contribution in [2.45, 2.75) is 33.9 Å². The second kappa shape index (κ2) is 9.11. The molecule has 0 aliphatic carbocycles. The summed E-state index contributed by atoms with van der Waals surface area (Å²) in [6, 6.07) is 10.3. The van der Waals surface area contributed by atoms with Crippen molar-refractivity contribution in [1.82, 2.24) is 20.0 Å². The highest BCUT2D eigenvalue weighted by molar-refractivity contribution is 5.82. The Labute approximate surface area is 172 Å². The van der Waals surface area contributed by atoms with E-state index in [9.17, 15) is 4.79 Å². The minimum Gasteiger partial charge on any atom is -0.469 e. The third kappa shape index (κ3) is 4.60. The van der Waals surface area contributed by atoms with Crippen molar-refractivity contribution < 1.29 is 9.53 Å². The first kappa shape index (κ1) is 20.9. The summed E-state index contributed by atoms with van der Waals surface area (Å²) >= 11 is 0. The van der Waals surface area contributed by atoms with E-state index in [0.29, 0.717) is 13.1 Å². The molecular weight excluding hydrogens is 366 g/mol. The molecule has 0 saturated carbocycles. The van der Waals surface area contributed by atoms with Crippen LogP contribution in [0.3, 0.4) is 0 Å². The number of hydrogen-bond acceptors (Lipinski definition) is 4. The molecule has 7 heteroatoms. The summed E-state index contributed by atoms with van der Waals surface area (Å²) in [6.45, 7) is 9.03. The molecule has 1 N–H and O–H groups in total. The van der Waals surface area contributed by atoms with Gasteiger partial charge in [0.25, 0.3) is 0 Å². The van der Waals surface area contributed by atoms with Crippen molar-refractivity contribution in [3.63, 3.8) is 0 Å². The fraction of sp³-hybridized carbons (Fsp3) is 0.500. The van der Waals surface area contributed by atoms with Crippen LogP contribution in [-0.4, -0.2) is 53.9 Å². The summed E-state index contributed by atoms with van der Waals surface area (Å²) in [7, 11) is 3.22.